The lowest BCUT2D eigenvalue weighted by atomic mass is 10.1. The largest absolute Gasteiger partial charge is 0.292 e. The zero-order valence-corrected chi connectivity index (χ0v) is 22.1. The predicted molar refractivity (Wildman–Crippen MR) is 146 cm³/mol. The number of rotatable bonds is 9. The maximum atomic E-state index is 12.9. The van der Waals surface area contributed by atoms with Crippen molar-refractivity contribution in [3.63, 3.8) is 0 Å². The third kappa shape index (κ3) is 6.42. The van der Waals surface area contributed by atoms with Gasteiger partial charge in [0.2, 0.25) is 0 Å². The Morgan fingerprint density at radius 3 is 2.51 bits per heavy atom. The number of benzene rings is 2. The molecule has 0 radical (unpaired) electrons. The molecule has 1 N–H and O–H groups in total. The highest BCUT2D eigenvalue weighted by atomic mass is 32.2. The summed E-state index contributed by atoms with van der Waals surface area (Å²) in [6.45, 7) is 1.95. The first-order valence-electron chi connectivity index (χ1n) is 10.8. The molecule has 0 unspecified atom stereocenters. The van der Waals surface area contributed by atoms with Crippen LogP contribution in [-0.4, -0.2) is 55.9 Å². The van der Waals surface area contributed by atoms with E-state index in [1.165, 1.54) is 9.80 Å². The van der Waals surface area contributed by atoms with Crippen molar-refractivity contribution >= 4 is 62.2 Å². The van der Waals surface area contributed by atoms with Gasteiger partial charge in [-0.2, -0.15) is 13.5 Å². The first-order valence-corrected chi connectivity index (χ1v) is 14.7. The molecule has 35 heavy (non-hydrogen) atoms. The molecule has 1 aromatic heterocycles. The summed E-state index contributed by atoms with van der Waals surface area (Å²) in [6, 6.07) is 17.8. The van der Waals surface area contributed by atoms with E-state index in [0.29, 0.717) is 10.6 Å². The number of hydrogen-bond donors (Lipinski definition) is 1. The number of amides is 1. The van der Waals surface area contributed by atoms with E-state index in [1.54, 1.807) is 22.5 Å². The molecule has 1 aliphatic rings. The van der Waals surface area contributed by atoms with Crippen LogP contribution in [-0.2, 0) is 14.9 Å². The zero-order chi connectivity index (χ0) is 25.0. The smallest absolute Gasteiger partial charge is 0.266 e. The second-order valence-electron chi connectivity index (χ2n) is 7.71. The Morgan fingerprint density at radius 2 is 1.86 bits per heavy atom. The quantitative estimate of drug-likeness (QED) is 0.171. The summed E-state index contributed by atoms with van der Waals surface area (Å²) in [5.74, 6) is 0.0762. The van der Waals surface area contributed by atoms with E-state index in [4.69, 9.17) is 21.9 Å². The number of aromatic nitrogens is 2. The molecule has 0 spiro atoms. The van der Waals surface area contributed by atoms with Gasteiger partial charge in [-0.15, -0.1) is 11.8 Å². The summed E-state index contributed by atoms with van der Waals surface area (Å²) in [6.07, 6.45) is 4.68. The van der Waals surface area contributed by atoms with Crippen molar-refractivity contribution in [2.45, 2.75) is 18.2 Å². The van der Waals surface area contributed by atoms with Gasteiger partial charge in [-0.1, -0.05) is 61.2 Å². The third-order valence-electron chi connectivity index (χ3n) is 5.10. The lowest BCUT2D eigenvalue weighted by molar-refractivity contribution is -0.121. The van der Waals surface area contributed by atoms with Crippen molar-refractivity contribution in [1.29, 1.82) is 0 Å². The Hall–Kier alpha value is -2.44. The number of carbonyl (C=O) groups is 1. The fourth-order valence-electron chi connectivity index (χ4n) is 3.40. The van der Waals surface area contributed by atoms with Gasteiger partial charge in [0.25, 0.3) is 16.0 Å². The van der Waals surface area contributed by atoms with Crippen LogP contribution in [0.25, 0.3) is 23.0 Å². The lowest BCUT2D eigenvalue weighted by Gasteiger charge is -2.12. The molecule has 182 valence electrons. The van der Waals surface area contributed by atoms with Crippen molar-refractivity contribution in [1.82, 2.24) is 14.7 Å². The molecule has 0 aliphatic carbocycles. The monoisotopic (exact) mass is 545 g/mol. The van der Waals surface area contributed by atoms with Crippen LogP contribution >= 0.6 is 35.7 Å². The van der Waals surface area contributed by atoms with Gasteiger partial charge in [0.15, 0.2) is 0 Å². The summed E-state index contributed by atoms with van der Waals surface area (Å²) in [5, 5.41) is 4.80. The van der Waals surface area contributed by atoms with Gasteiger partial charge in [-0.3, -0.25) is 14.2 Å². The van der Waals surface area contributed by atoms with Gasteiger partial charge in [0, 0.05) is 28.8 Å². The number of thioether (sulfide) groups is 2. The topological polar surface area (TPSA) is 92.5 Å². The van der Waals surface area contributed by atoms with Gasteiger partial charge in [-0.05, 0) is 42.5 Å². The Kier molecular flexibility index (Phi) is 8.12. The SMILES string of the molecule is CCCSc1ccc(-c2nn(-c3ccccc3)cc2C=C2SC(=S)N(CCS(=O)(=O)O)C2=O)cc1. The van der Waals surface area contributed by atoms with Gasteiger partial charge in [0.05, 0.1) is 22.0 Å². The van der Waals surface area contributed by atoms with E-state index < -0.39 is 21.8 Å². The maximum absolute atomic E-state index is 12.9. The van der Waals surface area contributed by atoms with Crippen LogP contribution in [0, 0.1) is 0 Å². The molecule has 7 nitrogen and oxygen atoms in total. The van der Waals surface area contributed by atoms with Gasteiger partial charge in [0.1, 0.15) is 4.32 Å². The Morgan fingerprint density at radius 1 is 1.14 bits per heavy atom. The van der Waals surface area contributed by atoms with Gasteiger partial charge in [-0.25, -0.2) is 4.68 Å². The molecule has 1 fully saturated rings. The summed E-state index contributed by atoms with van der Waals surface area (Å²) in [4.78, 5) is 15.7. The minimum absolute atomic E-state index is 0.201. The van der Waals surface area contributed by atoms with Crippen molar-refractivity contribution < 1.29 is 17.8 Å². The van der Waals surface area contributed by atoms with Crippen molar-refractivity contribution in [3.8, 4) is 16.9 Å². The number of thiocarbonyl (C=S) groups is 1. The summed E-state index contributed by atoms with van der Waals surface area (Å²) < 4.78 is 33.3. The van der Waals surface area contributed by atoms with Crippen LogP contribution in [0.1, 0.15) is 18.9 Å². The second-order valence-corrected chi connectivity index (χ2v) is 12.1. The third-order valence-corrected chi connectivity index (χ3v) is 8.39. The van der Waals surface area contributed by atoms with E-state index >= 15 is 0 Å². The van der Waals surface area contributed by atoms with Crippen LogP contribution in [0.15, 0.2) is 70.6 Å². The van der Waals surface area contributed by atoms with Crippen LogP contribution in [0.4, 0.5) is 0 Å². The number of carbonyl (C=O) groups excluding carboxylic acids is 1. The Bertz CT molecular complexity index is 1370. The van der Waals surface area contributed by atoms with Gasteiger partial charge >= 0.3 is 0 Å². The highest BCUT2D eigenvalue weighted by Gasteiger charge is 2.33. The average molecular weight is 546 g/mol. The molecular weight excluding hydrogens is 523 g/mol. The first-order chi connectivity index (χ1) is 16.7. The first kappa shape index (κ1) is 25.6. The summed E-state index contributed by atoms with van der Waals surface area (Å²) >= 11 is 8.18. The highest BCUT2D eigenvalue weighted by Crippen LogP contribution is 2.35. The fraction of sp³-hybridized carbons (Fsp3) is 0.208. The van der Waals surface area contributed by atoms with Crippen LogP contribution in [0.2, 0.25) is 0 Å². The minimum atomic E-state index is -4.21. The van der Waals surface area contributed by atoms with Crippen LogP contribution in [0.3, 0.4) is 0 Å². The molecule has 0 saturated carbocycles. The van der Waals surface area contributed by atoms with E-state index in [1.807, 2.05) is 48.7 Å². The number of nitrogens with zero attached hydrogens (tertiary/aromatic N) is 3. The van der Waals surface area contributed by atoms with Crippen LogP contribution in [0.5, 0.6) is 0 Å². The molecule has 2 aromatic carbocycles. The molecule has 3 aromatic rings. The van der Waals surface area contributed by atoms with Crippen molar-refractivity contribution in [2.24, 2.45) is 0 Å². The molecule has 1 saturated heterocycles. The molecule has 2 heterocycles. The molecule has 11 heteroatoms. The molecule has 4 rings (SSSR count). The average Bonchev–Trinajstić information content (AvgIpc) is 3.37. The molecule has 1 aliphatic heterocycles. The number of para-hydroxylation sites is 1. The second kappa shape index (κ2) is 11.1. The number of hydrogen-bond acceptors (Lipinski definition) is 7. The van der Waals surface area contributed by atoms with E-state index in [0.717, 1.165) is 40.7 Å². The maximum Gasteiger partial charge on any atom is 0.266 e. The fourth-order valence-corrected chi connectivity index (χ4v) is 5.88. The van der Waals surface area contributed by atoms with E-state index in [9.17, 15) is 13.2 Å². The summed E-state index contributed by atoms with van der Waals surface area (Å²) in [7, 11) is -4.21. The highest BCUT2D eigenvalue weighted by molar-refractivity contribution is 8.26. The molecule has 1 amide bonds. The van der Waals surface area contributed by atoms with Crippen LogP contribution < -0.4 is 0 Å². The van der Waals surface area contributed by atoms with E-state index in [-0.39, 0.29) is 10.9 Å². The minimum Gasteiger partial charge on any atom is -0.292 e. The molecule has 0 bridgehead atoms. The van der Waals surface area contributed by atoms with Gasteiger partial charge < -0.3 is 0 Å². The Balaban J connectivity index is 1.69. The zero-order valence-electron chi connectivity index (χ0n) is 18.8. The molecular formula is C24H23N3O4S4. The molecule has 0 atom stereocenters. The van der Waals surface area contributed by atoms with Crippen molar-refractivity contribution in [3.05, 3.63) is 71.3 Å². The normalized spacial score (nSPS) is 15.4. The van der Waals surface area contributed by atoms with Crippen molar-refractivity contribution in [2.75, 3.05) is 18.1 Å². The predicted octanol–water partition coefficient (Wildman–Crippen LogP) is 5.13. The Labute approximate surface area is 218 Å². The summed E-state index contributed by atoms with van der Waals surface area (Å²) in [5.41, 5.74) is 3.24. The lowest BCUT2D eigenvalue weighted by Crippen LogP contribution is -2.32. The van der Waals surface area contributed by atoms with E-state index in [2.05, 4.69) is 19.1 Å². The standard InChI is InChI=1S/C24H23N3O4S4/c1-2-13-33-20-10-8-17(9-11-20)22-18(16-27(25-22)19-6-4-3-5-7-19)15-21-23(28)26(24(32)34-21)12-14-35(29,30)31/h3-11,15-16H,2,12-14H2,1H3,(H,29,30,31).